The number of aliphatic hydroxyl groups is 1. The summed E-state index contributed by atoms with van der Waals surface area (Å²) < 4.78 is 25.5. The standard InChI is InChI=1S/C11H15F2NO/c1-11(2,5-6-15)14-8-3-4-9(12)10(13)7-8/h3-4,7,14-15H,5-6H2,1-2H3. The Balaban J connectivity index is 2.76. The normalized spacial score (nSPS) is 11.5. The van der Waals surface area contributed by atoms with Gasteiger partial charge in [0.15, 0.2) is 11.6 Å². The van der Waals surface area contributed by atoms with E-state index in [9.17, 15) is 8.78 Å². The summed E-state index contributed by atoms with van der Waals surface area (Å²) >= 11 is 0. The summed E-state index contributed by atoms with van der Waals surface area (Å²) in [6, 6.07) is 3.65. The van der Waals surface area contributed by atoms with Crippen LogP contribution in [-0.2, 0) is 0 Å². The van der Waals surface area contributed by atoms with E-state index in [1.807, 2.05) is 13.8 Å². The highest BCUT2D eigenvalue weighted by Crippen LogP contribution is 2.19. The van der Waals surface area contributed by atoms with Gasteiger partial charge in [0.05, 0.1) is 0 Å². The highest BCUT2D eigenvalue weighted by molar-refractivity contribution is 5.45. The van der Waals surface area contributed by atoms with Gasteiger partial charge in [-0.15, -0.1) is 0 Å². The summed E-state index contributed by atoms with van der Waals surface area (Å²) in [5.41, 5.74) is 0.159. The van der Waals surface area contributed by atoms with E-state index in [0.717, 1.165) is 12.1 Å². The molecule has 0 unspecified atom stereocenters. The molecule has 4 heteroatoms. The number of rotatable bonds is 4. The van der Waals surface area contributed by atoms with Crippen LogP contribution < -0.4 is 5.32 Å². The summed E-state index contributed by atoms with van der Waals surface area (Å²) in [5, 5.41) is 11.8. The lowest BCUT2D eigenvalue weighted by Crippen LogP contribution is -2.31. The van der Waals surface area contributed by atoms with Crippen LogP contribution in [0.5, 0.6) is 0 Å². The molecule has 0 spiro atoms. The van der Waals surface area contributed by atoms with Crippen LogP contribution in [0.1, 0.15) is 20.3 Å². The predicted molar refractivity (Wildman–Crippen MR) is 55.8 cm³/mol. The van der Waals surface area contributed by atoms with Gasteiger partial charge in [-0.25, -0.2) is 8.78 Å². The summed E-state index contributed by atoms with van der Waals surface area (Å²) in [7, 11) is 0. The molecule has 0 aliphatic heterocycles. The van der Waals surface area contributed by atoms with Gasteiger partial charge in [-0.2, -0.15) is 0 Å². The Morgan fingerprint density at radius 2 is 1.93 bits per heavy atom. The van der Waals surface area contributed by atoms with Crippen LogP contribution in [-0.4, -0.2) is 17.3 Å². The van der Waals surface area contributed by atoms with Gasteiger partial charge in [-0.1, -0.05) is 0 Å². The number of hydrogen-bond acceptors (Lipinski definition) is 2. The maximum atomic E-state index is 12.9. The highest BCUT2D eigenvalue weighted by Gasteiger charge is 2.16. The molecule has 2 N–H and O–H groups in total. The third-order valence-corrected chi connectivity index (χ3v) is 2.14. The molecule has 0 bridgehead atoms. The van der Waals surface area contributed by atoms with Crippen LogP contribution in [0.25, 0.3) is 0 Å². The number of nitrogens with one attached hydrogen (secondary N) is 1. The minimum absolute atomic E-state index is 0.0453. The van der Waals surface area contributed by atoms with E-state index in [1.165, 1.54) is 6.07 Å². The van der Waals surface area contributed by atoms with E-state index in [0.29, 0.717) is 12.1 Å². The van der Waals surface area contributed by atoms with Crippen molar-refractivity contribution in [3.63, 3.8) is 0 Å². The molecule has 0 aliphatic rings. The van der Waals surface area contributed by atoms with Crippen molar-refractivity contribution < 1.29 is 13.9 Å². The average Bonchev–Trinajstić information content (AvgIpc) is 2.10. The Morgan fingerprint density at radius 1 is 1.27 bits per heavy atom. The van der Waals surface area contributed by atoms with Gasteiger partial charge in [0.1, 0.15) is 0 Å². The lowest BCUT2D eigenvalue weighted by molar-refractivity contribution is 0.261. The second-order valence-electron chi connectivity index (χ2n) is 4.11. The molecule has 0 radical (unpaired) electrons. The fraction of sp³-hybridized carbons (Fsp3) is 0.455. The van der Waals surface area contributed by atoms with Crippen LogP contribution >= 0.6 is 0 Å². The van der Waals surface area contributed by atoms with Gasteiger partial charge in [-0.3, -0.25) is 0 Å². The molecular weight excluding hydrogens is 200 g/mol. The molecule has 0 saturated carbocycles. The van der Waals surface area contributed by atoms with Gasteiger partial charge < -0.3 is 10.4 Å². The first-order chi connectivity index (χ1) is 6.94. The van der Waals surface area contributed by atoms with E-state index in [2.05, 4.69) is 5.32 Å². The van der Waals surface area contributed by atoms with Gasteiger partial charge in [0.2, 0.25) is 0 Å². The largest absolute Gasteiger partial charge is 0.396 e. The monoisotopic (exact) mass is 215 g/mol. The van der Waals surface area contributed by atoms with Gasteiger partial charge in [0.25, 0.3) is 0 Å². The zero-order chi connectivity index (χ0) is 11.5. The molecule has 1 aromatic rings. The van der Waals surface area contributed by atoms with Crippen LogP contribution in [0.4, 0.5) is 14.5 Å². The lowest BCUT2D eigenvalue weighted by Gasteiger charge is -2.26. The molecule has 84 valence electrons. The van der Waals surface area contributed by atoms with Gasteiger partial charge in [-0.05, 0) is 32.4 Å². The first-order valence-corrected chi connectivity index (χ1v) is 4.79. The summed E-state index contributed by atoms with van der Waals surface area (Å²) in [6.07, 6.45) is 0.534. The van der Waals surface area contributed by atoms with Crippen molar-refractivity contribution >= 4 is 5.69 Å². The molecule has 2 nitrogen and oxygen atoms in total. The quantitative estimate of drug-likeness (QED) is 0.809. The van der Waals surface area contributed by atoms with Crippen molar-refractivity contribution in [2.45, 2.75) is 25.8 Å². The van der Waals surface area contributed by atoms with Crippen LogP contribution in [0.2, 0.25) is 0 Å². The van der Waals surface area contributed by atoms with Crippen molar-refractivity contribution in [2.75, 3.05) is 11.9 Å². The number of aliphatic hydroxyl groups excluding tert-OH is 1. The fourth-order valence-electron chi connectivity index (χ4n) is 1.31. The fourth-order valence-corrected chi connectivity index (χ4v) is 1.31. The minimum Gasteiger partial charge on any atom is -0.396 e. The number of hydrogen-bond donors (Lipinski definition) is 2. The van der Waals surface area contributed by atoms with Crippen molar-refractivity contribution in [1.29, 1.82) is 0 Å². The van der Waals surface area contributed by atoms with E-state index in [-0.39, 0.29) is 12.1 Å². The first kappa shape index (κ1) is 11.9. The van der Waals surface area contributed by atoms with Crippen molar-refractivity contribution in [1.82, 2.24) is 0 Å². The number of anilines is 1. The zero-order valence-electron chi connectivity index (χ0n) is 8.85. The van der Waals surface area contributed by atoms with Crippen LogP contribution in [0, 0.1) is 11.6 Å². The van der Waals surface area contributed by atoms with Crippen molar-refractivity contribution in [3.05, 3.63) is 29.8 Å². The maximum Gasteiger partial charge on any atom is 0.160 e. The Hall–Kier alpha value is -1.16. The first-order valence-electron chi connectivity index (χ1n) is 4.79. The lowest BCUT2D eigenvalue weighted by atomic mass is 10.0. The number of benzene rings is 1. The van der Waals surface area contributed by atoms with Gasteiger partial charge in [0, 0.05) is 23.9 Å². The van der Waals surface area contributed by atoms with E-state index in [4.69, 9.17) is 5.11 Å². The molecular formula is C11H15F2NO. The molecule has 15 heavy (non-hydrogen) atoms. The SMILES string of the molecule is CC(C)(CCO)Nc1ccc(F)c(F)c1. The predicted octanol–water partition coefficient (Wildman–Crippen LogP) is 2.54. The molecule has 0 atom stereocenters. The molecule has 0 aliphatic carbocycles. The topological polar surface area (TPSA) is 32.3 Å². The van der Waals surface area contributed by atoms with E-state index < -0.39 is 11.6 Å². The Morgan fingerprint density at radius 3 is 2.47 bits per heavy atom. The summed E-state index contributed by atoms with van der Waals surface area (Å²) in [6.45, 7) is 3.80. The third kappa shape index (κ3) is 3.47. The Labute approximate surface area is 87.9 Å². The second kappa shape index (κ2) is 4.57. The molecule has 0 heterocycles. The van der Waals surface area contributed by atoms with Crippen LogP contribution in [0.15, 0.2) is 18.2 Å². The molecule has 0 saturated heterocycles. The van der Waals surface area contributed by atoms with Crippen LogP contribution in [0.3, 0.4) is 0 Å². The van der Waals surface area contributed by atoms with Crippen molar-refractivity contribution in [3.8, 4) is 0 Å². The molecule has 0 aromatic heterocycles. The Kier molecular flexibility index (Phi) is 3.63. The smallest absolute Gasteiger partial charge is 0.160 e. The molecule has 0 fully saturated rings. The van der Waals surface area contributed by atoms with E-state index in [1.54, 1.807) is 0 Å². The number of halogens is 2. The zero-order valence-corrected chi connectivity index (χ0v) is 8.85. The van der Waals surface area contributed by atoms with E-state index >= 15 is 0 Å². The summed E-state index contributed by atoms with van der Waals surface area (Å²) in [4.78, 5) is 0. The summed E-state index contributed by atoms with van der Waals surface area (Å²) in [5.74, 6) is -1.74. The average molecular weight is 215 g/mol. The highest BCUT2D eigenvalue weighted by atomic mass is 19.2. The minimum atomic E-state index is -0.875. The molecule has 1 rings (SSSR count). The molecule has 0 amide bonds. The van der Waals surface area contributed by atoms with Crippen molar-refractivity contribution in [2.24, 2.45) is 0 Å². The molecule has 1 aromatic carbocycles. The second-order valence-corrected chi connectivity index (χ2v) is 4.11. The third-order valence-electron chi connectivity index (χ3n) is 2.14. The maximum absolute atomic E-state index is 12.9. The Bertz CT molecular complexity index is 339. The van der Waals surface area contributed by atoms with Gasteiger partial charge >= 0.3 is 0 Å².